The zero-order valence-corrected chi connectivity index (χ0v) is 30.2. The molecule has 0 aliphatic carbocycles. The fourth-order valence-electron chi connectivity index (χ4n) is 5.66. The minimum Gasteiger partial charge on any atom is -0.492 e. The number of benzene rings is 3. The summed E-state index contributed by atoms with van der Waals surface area (Å²) in [5.41, 5.74) is 0.0583. The number of carbonyl (C=O) groups excluding carboxylic acids is 1. The number of hydrogen-bond donors (Lipinski definition) is 0. The van der Waals surface area contributed by atoms with Crippen LogP contribution in [-0.4, -0.2) is 63.6 Å². The van der Waals surface area contributed by atoms with Crippen LogP contribution in [0.5, 0.6) is 5.75 Å². The van der Waals surface area contributed by atoms with Crippen LogP contribution in [-0.2, 0) is 14.8 Å². The van der Waals surface area contributed by atoms with Gasteiger partial charge >= 0.3 is 5.97 Å². The van der Waals surface area contributed by atoms with Crippen LogP contribution in [0.4, 0.5) is 11.4 Å². The van der Waals surface area contributed by atoms with Crippen molar-refractivity contribution in [3.8, 4) is 17.1 Å². The minimum atomic E-state index is -4.87. The number of halogens is 1. The average Bonchev–Trinajstić information content (AvgIpc) is 3.10. The highest BCUT2D eigenvalue weighted by molar-refractivity contribution is 7.93. The first-order chi connectivity index (χ1) is 24.1. The highest BCUT2D eigenvalue weighted by Crippen LogP contribution is 2.41. The number of hydrogen-bond acceptors (Lipinski definition) is 11. The lowest BCUT2D eigenvalue weighted by molar-refractivity contribution is -0.387. The van der Waals surface area contributed by atoms with Gasteiger partial charge in [-0.25, -0.2) is 18.2 Å². The predicted octanol–water partition coefficient (Wildman–Crippen LogP) is 6.72. The van der Waals surface area contributed by atoms with E-state index in [1.54, 1.807) is 50.2 Å². The first-order valence-electron chi connectivity index (χ1n) is 15.6. The monoisotopic (exact) mass is 734 g/mol. The fourth-order valence-corrected chi connectivity index (χ4v) is 7.61. The summed E-state index contributed by atoms with van der Waals surface area (Å²) in [7, 11) is 0.106. The van der Waals surface area contributed by atoms with Gasteiger partial charge in [-0.05, 0) is 89.0 Å². The first kappa shape index (κ1) is 37.0. The van der Waals surface area contributed by atoms with Crippen molar-refractivity contribution in [2.45, 2.75) is 31.7 Å². The van der Waals surface area contributed by atoms with E-state index in [-0.39, 0.29) is 38.6 Å². The molecule has 0 saturated carbocycles. The molecule has 5 rings (SSSR count). The highest BCUT2D eigenvalue weighted by Gasteiger charge is 2.39. The van der Waals surface area contributed by atoms with Crippen LogP contribution in [0, 0.1) is 24.0 Å². The Bertz CT molecular complexity index is 2310. The zero-order valence-electron chi connectivity index (χ0n) is 28.7. The second kappa shape index (κ2) is 14.9. The summed E-state index contributed by atoms with van der Waals surface area (Å²) in [5.74, 6) is -0.128. The third-order valence-electron chi connectivity index (χ3n) is 8.17. The summed E-state index contributed by atoms with van der Waals surface area (Å²) in [6.45, 7) is 6.08. The number of sulfonamides is 1. The topological polar surface area (TPSA) is 162 Å². The Morgan fingerprint density at radius 2 is 1.75 bits per heavy atom. The number of methoxy groups -OCH3 is 1. The third-order valence-corrected chi connectivity index (χ3v) is 10.3. The lowest BCUT2D eigenvalue weighted by atomic mass is 9.98. The summed E-state index contributed by atoms with van der Waals surface area (Å²) >= 11 is 6.14. The second-order valence-electron chi connectivity index (χ2n) is 12.0. The number of pyridine rings is 1. The number of ether oxygens (including phenoxy) is 2. The van der Waals surface area contributed by atoms with E-state index in [0.717, 1.165) is 30.1 Å². The van der Waals surface area contributed by atoms with E-state index in [2.05, 4.69) is 4.98 Å². The molecule has 1 atom stereocenters. The van der Waals surface area contributed by atoms with Crippen LogP contribution in [0.3, 0.4) is 0 Å². The number of esters is 1. The van der Waals surface area contributed by atoms with Crippen molar-refractivity contribution in [1.29, 1.82) is 0 Å². The lowest BCUT2D eigenvalue weighted by Gasteiger charge is -2.32. The lowest BCUT2D eigenvalue weighted by Crippen LogP contribution is -2.36. The fraction of sp³-hybridized carbons (Fsp3) is 0.250. The van der Waals surface area contributed by atoms with Gasteiger partial charge in [0.05, 0.1) is 29.1 Å². The van der Waals surface area contributed by atoms with E-state index >= 15 is 0 Å². The van der Waals surface area contributed by atoms with Crippen molar-refractivity contribution in [1.82, 2.24) is 9.88 Å². The van der Waals surface area contributed by atoms with Crippen molar-refractivity contribution in [2.24, 2.45) is 0 Å². The van der Waals surface area contributed by atoms with Gasteiger partial charge in [-0.1, -0.05) is 29.8 Å². The zero-order chi connectivity index (χ0) is 37.2. The molecule has 0 saturated heterocycles. The van der Waals surface area contributed by atoms with Gasteiger partial charge < -0.3 is 18.8 Å². The van der Waals surface area contributed by atoms with Gasteiger partial charge in [-0.3, -0.25) is 19.2 Å². The molecule has 0 N–H and O–H groups in total. The van der Waals surface area contributed by atoms with Crippen molar-refractivity contribution < 1.29 is 32.0 Å². The van der Waals surface area contributed by atoms with E-state index in [0.29, 0.717) is 29.0 Å². The summed E-state index contributed by atoms with van der Waals surface area (Å²) in [4.78, 5) is 43.6. The Morgan fingerprint density at radius 3 is 2.39 bits per heavy atom. The van der Waals surface area contributed by atoms with Crippen LogP contribution in [0.2, 0.25) is 5.15 Å². The highest BCUT2D eigenvalue weighted by atomic mass is 35.5. The molecule has 3 aromatic carbocycles. The summed E-state index contributed by atoms with van der Waals surface area (Å²) in [5, 5.41) is 12.1. The molecule has 0 radical (unpaired) electrons. The van der Waals surface area contributed by atoms with Gasteiger partial charge in [-0.15, -0.1) is 0 Å². The van der Waals surface area contributed by atoms with Gasteiger partial charge in [0.2, 0.25) is 0 Å². The molecule has 0 fully saturated rings. The van der Waals surface area contributed by atoms with Crippen molar-refractivity contribution in [3.05, 3.63) is 121 Å². The molecule has 0 aliphatic rings. The molecule has 13 nitrogen and oxygen atoms in total. The van der Waals surface area contributed by atoms with Crippen LogP contribution in [0.25, 0.3) is 22.3 Å². The number of fused-ring (bicyclic) bond motifs is 1. The van der Waals surface area contributed by atoms with E-state index in [9.17, 15) is 28.1 Å². The normalized spacial score (nSPS) is 12.2. The summed E-state index contributed by atoms with van der Waals surface area (Å²) < 4.78 is 47.4. The van der Waals surface area contributed by atoms with E-state index in [1.807, 2.05) is 19.0 Å². The molecule has 15 heteroatoms. The number of nitrogens with zero attached hydrogens (tertiary/aromatic N) is 4. The quantitative estimate of drug-likeness (QED) is 0.0579. The molecule has 0 unspecified atom stereocenters. The Labute approximate surface area is 299 Å². The van der Waals surface area contributed by atoms with Gasteiger partial charge in [0.1, 0.15) is 28.9 Å². The van der Waals surface area contributed by atoms with Crippen LogP contribution in [0.1, 0.15) is 40.1 Å². The number of para-hydroxylation sites is 1. The number of aryl methyl sites for hydroxylation is 1. The number of carbonyl (C=O) groups is 1. The second-order valence-corrected chi connectivity index (χ2v) is 14.2. The van der Waals surface area contributed by atoms with Gasteiger partial charge in [0.15, 0.2) is 16.0 Å². The molecule has 0 bridgehead atoms. The summed E-state index contributed by atoms with van der Waals surface area (Å²) in [6.07, 6.45) is 0. The maximum Gasteiger partial charge on any atom is 0.358 e. The molecule has 0 spiro atoms. The molecule has 2 heterocycles. The number of likely N-dealkylation sites (N-methyl/N-ethyl adjacent to an activating group) is 1. The maximum atomic E-state index is 14.7. The Kier molecular flexibility index (Phi) is 10.8. The molecule has 2 aromatic heterocycles. The van der Waals surface area contributed by atoms with E-state index in [1.165, 1.54) is 31.2 Å². The summed E-state index contributed by atoms with van der Waals surface area (Å²) in [6, 6.07) is 16.5. The number of aromatic nitrogens is 1. The van der Waals surface area contributed by atoms with Crippen LogP contribution >= 0.6 is 11.6 Å². The van der Waals surface area contributed by atoms with Gasteiger partial charge in [0, 0.05) is 29.3 Å². The van der Waals surface area contributed by atoms with Crippen LogP contribution in [0.15, 0.2) is 86.9 Å². The number of rotatable bonds is 12. The third kappa shape index (κ3) is 7.43. The molecule has 51 heavy (non-hydrogen) atoms. The molecule has 0 aliphatic heterocycles. The van der Waals surface area contributed by atoms with Crippen molar-refractivity contribution >= 4 is 49.9 Å². The largest absolute Gasteiger partial charge is 0.492 e. The number of nitro groups is 1. The minimum absolute atomic E-state index is 0.0781. The molecular formula is C36H35ClN4O9S. The van der Waals surface area contributed by atoms with Crippen molar-refractivity contribution in [2.75, 3.05) is 38.7 Å². The van der Waals surface area contributed by atoms with Gasteiger partial charge in [-0.2, -0.15) is 0 Å². The molecule has 0 amide bonds. The maximum absolute atomic E-state index is 14.7. The Hall–Kier alpha value is -5.31. The van der Waals surface area contributed by atoms with Crippen LogP contribution < -0.4 is 14.5 Å². The molecule has 5 aromatic rings. The molecule has 266 valence electrons. The predicted molar refractivity (Wildman–Crippen MR) is 193 cm³/mol. The number of nitro benzene ring substituents is 1. The van der Waals surface area contributed by atoms with Gasteiger partial charge in [0.25, 0.3) is 15.7 Å². The first-order valence-corrected chi connectivity index (χ1v) is 17.5. The smallest absolute Gasteiger partial charge is 0.358 e. The standard InChI is InChI=1S/C36H35ClN4O9S/c1-21-19-26(35-27(20-21)33(42)22(2)34(50-35)24-11-13-25(14-12-24)49-18-17-39(4)5)23(3)40(29-15-16-31(37)38-32(29)36(43)48-6)51(46,47)30-10-8-7-9-28(30)41(44)45/h7-16,19-20,23H,17-18H2,1-6H3/t23-/m1/s1. The Balaban J connectivity index is 1.76. The van der Waals surface area contributed by atoms with Crippen molar-refractivity contribution in [3.63, 3.8) is 0 Å². The van der Waals surface area contributed by atoms with E-state index in [4.69, 9.17) is 25.5 Å². The SMILES string of the molecule is COC(=O)c1nc(Cl)ccc1N([C@H](C)c1cc(C)cc2c(=O)c(C)c(-c3ccc(OCCN(C)C)cc3)oc12)S(=O)(=O)c1ccccc1[N+](=O)[O-]. The average molecular weight is 735 g/mol. The molecular weight excluding hydrogens is 700 g/mol. The number of anilines is 1. The Morgan fingerprint density at radius 1 is 1.06 bits per heavy atom. The van der Waals surface area contributed by atoms with E-state index < -0.39 is 43.2 Å².